The molecule has 2 N–H and O–H groups in total. The van der Waals surface area contributed by atoms with Crippen LogP contribution in [0.2, 0.25) is 0 Å². The normalized spacial score (nSPS) is 36.9. The van der Waals surface area contributed by atoms with Gasteiger partial charge in [0.1, 0.15) is 5.75 Å². The van der Waals surface area contributed by atoms with Crippen LogP contribution >= 0.6 is 12.4 Å². The first-order valence-electron chi connectivity index (χ1n) is 7.89. The van der Waals surface area contributed by atoms with Gasteiger partial charge in [0.15, 0.2) is 0 Å². The summed E-state index contributed by atoms with van der Waals surface area (Å²) in [4.78, 5) is 0. The van der Waals surface area contributed by atoms with Gasteiger partial charge in [-0.25, -0.2) is 0 Å². The number of hydrogen-bond acceptors (Lipinski definition) is 2. The van der Waals surface area contributed by atoms with Gasteiger partial charge >= 0.3 is 0 Å². The third-order valence-electron chi connectivity index (χ3n) is 6.11. The lowest BCUT2D eigenvalue weighted by atomic mass is 9.48. The Labute approximate surface area is 130 Å². The maximum absolute atomic E-state index is 9.62. The summed E-state index contributed by atoms with van der Waals surface area (Å²) in [6.07, 6.45) is 8.43. The highest BCUT2D eigenvalue weighted by Gasteiger charge is 2.52. The summed E-state index contributed by atoms with van der Waals surface area (Å²) in [6, 6.07) is 5.61. The van der Waals surface area contributed by atoms with Gasteiger partial charge in [0.25, 0.3) is 0 Å². The van der Waals surface area contributed by atoms with Crippen molar-refractivity contribution in [1.82, 2.24) is 10.2 Å². The number of aromatic hydroxyl groups is 1. The molecule has 0 radical (unpaired) electrons. The molecule has 4 bridgehead atoms. The van der Waals surface area contributed by atoms with Gasteiger partial charge in [-0.05, 0) is 68.4 Å². The molecular formula is C17H21ClN2O. The van der Waals surface area contributed by atoms with Crippen LogP contribution < -0.4 is 0 Å². The van der Waals surface area contributed by atoms with Gasteiger partial charge in [-0.2, -0.15) is 5.10 Å². The van der Waals surface area contributed by atoms with E-state index < -0.39 is 0 Å². The molecule has 2 aromatic rings. The van der Waals surface area contributed by atoms with E-state index in [2.05, 4.69) is 10.2 Å². The van der Waals surface area contributed by atoms with Crippen LogP contribution in [0, 0.1) is 17.8 Å². The van der Waals surface area contributed by atoms with Crippen molar-refractivity contribution in [2.75, 3.05) is 0 Å². The standard InChI is InChI=1S/C17H20N2O.ClH/c20-13-1-2-14-15(6-13)18-19-16(14)17-7-10-3-11(8-17)5-12(4-10)9-17;/h1-2,6,10-12,20H,3-5,7-9H2,(H,18,19);1H. The molecule has 0 aliphatic heterocycles. The Kier molecular flexibility index (Phi) is 2.81. The molecule has 0 unspecified atom stereocenters. The maximum atomic E-state index is 9.62. The van der Waals surface area contributed by atoms with E-state index in [0.29, 0.717) is 11.2 Å². The first-order chi connectivity index (χ1) is 9.72. The van der Waals surface area contributed by atoms with E-state index in [0.717, 1.165) is 23.3 Å². The number of fused-ring (bicyclic) bond motifs is 1. The van der Waals surface area contributed by atoms with Crippen LogP contribution in [0.3, 0.4) is 0 Å². The highest BCUT2D eigenvalue weighted by Crippen LogP contribution is 2.61. The highest BCUT2D eigenvalue weighted by atomic mass is 35.5. The number of rotatable bonds is 1. The fourth-order valence-electron chi connectivity index (χ4n) is 5.82. The zero-order valence-electron chi connectivity index (χ0n) is 12.0. The summed E-state index contributed by atoms with van der Waals surface area (Å²) < 4.78 is 0. The predicted octanol–water partition coefficient (Wildman–Crippen LogP) is 4.16. The summed E-state index contributed by atoms with van der Waals surface area (Å²) in [5.74, 6) is 3.13. The van der Waals surface area contributed by atoms with Crippen LogP contribution in [0.1, 0.15) is 44.2 Å². The summed E-state index contributed by atoms with van der Waals surface area (Å²) in [5, 5.41) is 18.6. The summed E-state index contributed by atoms with van der Waals surface area (Å²) in [6.45, 7) is 0. The molecule has 6 rings (SSSR count). The largest absolute Gasteiger partial charge is 0.508 e. The van der Waals surface area contributed by atoms with Crippen LogP contribution in [0.15, 0.2) is 18.2 Å². The number of nitrogens with zero attached hydrogens (tertiary/aromatic N) is 1. The third-order valence-corrected chi connectivity index (χ3v) is 6.11. The van der Waals surface area contributed by atoms with Crippen LogP contribution in [-0.2, 0) is 5.41 Å². The molecule has 112 valence electrons. The van der Waals surface area contributed by atoms with Crippen molar-refractivity contribution < 1.29 is 5.11 Å². The Hall–Kier alpha value is -1.22. The molecule has 1 aromatic carbocycles. The number of halogens is 1. The number of phenolic OH excluding ortho intramolecular Hbond substituents is 1. The summed E-state index contributed by atoms with van der Waals surface area (Å²) in [7, 11) is 0. The van der Waals surface area contributed by atoms with E-state index in [1.165, 1.54) is 49.6 Å². The fourth-order valence-corrected chi connectivity index (χ4v) is 5.82. The molecule has 4 aliphatic rings. The Balaban J connectivity index is 0.00000115. The topological polar surface area (TPSA) is 48.9 Å². The van der Waals surface area contributed by atoms with Gasteiger partial charge in [0, 0.05) is 22.6 Å². The third kappa shape index (κ3) is 1.83. The number of nitrogens with one attached hydrogen (secondary N) is 1. The quantitative estimate of drug-likeness (QED) is 0.831. The average Bonchev–Trinajstić information content (AvgIpc) is 2.80. The van der Waals surface area contributed by atoms with Crippen LogP contribution in [0.5, 0.6) is 5.75 Å². The van der Waals surface area contributed by atoms with Crippen molar-refractivity contribution in [2.24, 2.45) is 17.8 Å². The molecule has 4 aliphatic carbocycles. The van der Waals surface area contributed by atoms with E-state index in [9.17, 15) is 5.11 Å². The molecule has 3 nitrogen and oxygen atoms in total. The van der Waals surface area contributed by atoms with Gasteiger partial charge in [0.05, 0.1) is 5.52 Å². The van der Waals surface area contributed by atoms with E-state index in [1.807, 2.05) is 6.07 Å². The number of aromatic nitrogens is 2. The Morgan fingerprint density at radius 2 is 1.67 bits per heavy atom. The van der Waals surface area contributed by atoms with Crippen molar-refractivity contribution in [3.8, 4) is 5.75 Å². The zero-order valence-corrected chi connectivity index (χ0v) is 12.8. The number of benzene rings is 1. The Bertz CT molecular complexity index is 658. The molecule has 0 saturated heterocycles. The second-order valence-corrected chi connectivity index (χ2v) is 7.50. The molecule has 1 heterocycles. The van der Waals surface area contributed by atoms with Crippen molar-refractivity contribution in [1.29, 1.82) is 0 Å². The monoisotopic (exact) mass is 304 g/mol. The smallest absolute Gasteiger partial charge is 0.117 e. The van der Waals surface area contributed by atoms with Gasteiger partial charge in [-0.3, -0.25) is 5.10 Å². The molecule has 21 heavy (non-hydrogen) atoms. The minimum absolute atomic E-state index is 0. The molecule has 4 saturated carbocycles. The van der Waals surface area contributed by atoms with E-state index in [1.54, 1.807) is 12.1 Å². The average molecular weight is 305 g/mol. The molecule has 0 atom stereocenters. The van der Waals surface area contributed by atoms with Crippen molar-refractivity contribution in [3.63, 3.8) is 0 Å². The van der Waals surface area contributed by atoms with E-state index in [4.69, 9.17) is 0 Å². The minimum atomic E-state index is 0. The van der Waals surface area contributed by atoms with E-state index in [-0.39, 0.29) is 12.4 Å². The van der Waals surface area contributed by atoms with Crippen LogP contribution in [-0.4, -0.2) is 15.3 Å². The maximum Gasteiger partial charge on any atom is 0.117 e. The first-order valence-corrected chi connectivity index (χ1v) is 7.89. The van der Waals surface area contributed by atoms with Gasteiger partial charge in [0.2, 0.25) is 0 Å². The Morgan fingerprint density at radius 1 is 1.05 bits per heavy atom. The summed E-state index contributed by atoms with van der Waals surface area (Å²) in [5.41, 5.74) is 2.61. The van der Waals surface area contributed by atoms with Crippen molar-refractivity contribution in [2.45, 2.75) is 43.9 Å². The molecular weight excluding hydrogens is 284 g/mol. The molecule has 0 amide bonds. The first kappa shape index (κ1) is 13.4. The van der Waals surface area contributed by atoms with Gasteiger partial charge < -0.3 is 5.11 Å². The van der Waals surface area contributed by atoms with Crippen molar-refractivity contribution >= 4 is 23.3 Å². The van der Waals surface area contributed by atoms with E-state index >= 15 is 0 Å². The predicted molar refractivity (Wildman–Crippen MR) is 84.9 cm³/mol. The van der Waals surface area contributed by atoms with Gasteiger partial charge in [-0.1, -0.05) is 0 Å². The van der Waals surface area contributed by atoms with Crippen molar-refractivity contribution in [3.05, 3.63) is 23.9 Å². The second kappa shape index (κ2) is 4.39. The van der Waals surface area contributed by atoms with Crippen LogP contribution in [0.25, 0.3) is 10.9 Å². The lowest BCUT2D eigenvalue weighted by molar-refractivity contribution is -0.00655. The lowest BCUT2D eigenvalue weighted by Crippen LogP contribution is -2.48. The lowest BCUT2D eigenvalue weighted by Gasteiger charge is -2.56. The molecule has 4 heteroatoms. The second-order valence-electron chi connectivity index (χ2n) is 7.50. The Morgan fingerprint density at radius 3 is 2.29 bits per heavy atom. The molecule has 1 aromatic heterocycles. The SMILES string of the molecule is Cl.Oc1ccc2c(C34CC5CC(CC(C5)C3)C4)[nH]nc2c1. The zero-order chi connectivity index (χ0) is 13.3. The van der Waals surface area contributed by atoms with Crippen LogP contribution in [0.4, 0.5) is 0 Å². The minimum Gasteiger partial charge on any atom is -0.508 e. The fraction of sp³-hybridized carbons (Fsp3) is 0.588. The highest BCUT2D eigenvalue weighted by molar-refractivity contribution is 5.85. The van der Waals surface area contributed by atoms with Gasteiger partial charge in [-0.15, -0.1) is 12.4 Å². The molecule has 0 spiro atoms. The molecule has 4 fully saturated rings. The number of phenols is 1. The summed E-state index contributed by atoms with van der Waals surface area (Å²) >= 11 is 0. The number of hydrogen-bond donors (Lipinski definition) is 2. The number of H-pyrrole nitrogens is 1. The number of aromatic amines is 1.